The third-order valence-electron chi connectivity index (χ3n) is 10.0. The third-order valence-corrected chi connectivity index (χ3v) is 10.9. The van der Waals surface area contributed by atoms with E-state index in [1.54, 1.807) is 0 Å². The summed E-state index contributed by atoms with van der Waals surface area (Å²) >= 11 is 3.44. The van der Waals surface area contributed by atoms with Gasteiger partial charge in [-0.2, -0.15) is 0 Å². The first kappa shape index (κ1) is 51.4. The largest absolute Gasteiger partial charge is 0.465 e. The number of carbonyl (C=O) groups excluding carboxylic acids is 4. The van der Waals surface area contributed by atoms with Gasteiger partial charge in [-0.1, -0.05) is 146 Å². The molecular formula is C44H81BrO8. The molecule has 8 nitrogen and oxygen atoms in total. The van der Waals surface area contributed by atoms with Crippen molar-refractivity contribution in [3.05, 3.63) is 0 Å². The molecule has 0 N–H and O–H groups in total. The molecule has 0 saturated carbocycles. The maximum absolute atomic E-state index is 12.3. The standard InChI is InChI=1S/C44H81BrO8/c1-5-9-13-19-27-38(25-11-7-3)34-50-41(46)29-21-15-17-23-31-43(48)52-36-40(33-45)37-53-44(49)32-24-18-16-22-30-42(47)51-35-39(26-12-8-4)28-20-14-10-6-2/h38-40H,5-37H2,1-4H3. The SMILES string of the molecule is CCCCCCC(CCCC)COC(=O)CCCCCCC(=O)OCC(CBr)COC(=O)CCCCCCC(=O)OCC(CCCC)CCCCCC. The normalized spacial score (nSPS) is 12.9. The van der Waals surface area contributed by atoms with Crippen LogP contribution in [0.4, 0.5) is 0 Å². The van der Waals surface area contributed by atoms with E-state index in [1.807, 2.05) is 0 Å². The predicted molar refractivity (Wildman–Crippen MR) is 220 cm³/mol. The van der Waals surface area contributed by atoms with Crippen molar-refractivity contribution in [2.45, 2.75) is 207 Å². The van der Waals surface area contributed by atoms with Crippen molar-refractivity contribution in [2.75, 3.05) is 31.8 Å². The summed E-state index contributed by atoms with van der Waals surface area (Å²) in [5.74, 6) is 0.145. The van der Waals surface area contributed by atoms with Crippen LogP contribution < -0.4 is 0 Å². The van der Waals surface area contributed by atoms with Gasteiger partial charge < -0.3 is 18.9 Å². The van der Waals surface area contributed by atoms with Crippen LogP contribution in [0.2, 0.25) is 0 Å². The summed E-state index contributed by atoms with van der Waals surface area (Å²) in [4.78, 5) is 49.1. The van der Waals surface area contributed by atoms with E-state index in [-0.39, 0.29) is 43.0 Å². The van der Waals surface area contributed by atoms with E-state index >= 15 is 0 Å². The van der Waals surface area contributed by atoms with Gasteiger partial charge in [0.2, 0.25) is 0 Å². The Morgan fingerprint density at radius 2 is 0.623 bits per heavy atom. The van der Waals surface area contributed by atoms with Gasteiger partial charge in [-0.25, -0.2) is 0 Å². The second-order valence-electron chi connectivity index (χ2n) is 15.3. The molecule has 53 heavy (non-hydrogen) atoms. The Hall–Kier alpha value is -1.64. The molecular weight excluding hydrogens is 736 g/mol. The Morgan fingerprint density at radius 3 is 0.906 bits per heavy atom. The Balaban J connectivity index is 3.95. The van der Waals surface area contributed by atoms with Crippen LogP contribution in [0.1, 0.15) is 207 Å². The fourth-order valence-electron chi connectivity index (χ4n) is 6.38. The highest BCUT2D eigenvalue weighted by Gasteiger charge is 2.16. The molecule has 0 bridgehead atoms. The van der Waals surface area contributed by atoms with Gasteiger partial charge in [-0.15, -0.1) is 0 Å². The molecule has 312 valence electrons. The smallest absolute Gasteiger partial charge is 0.305 e. The Bertz CT molecular complexity index is 813. The Morgan fingerprint density at radius 1 is 0.358 bits per heavy atom. The molecule has 9 heteroatoms. The minimum atomic E-state index is -0.249. The van der Waals surface area contributed by atoms with Crippen molar-refractivity contribution in [3.63, 3.8) is 0 Å². The number of unbranched alkanes of at least 4 members (excludes halogenated alkanes) is 14. The highest BCUT2D eigenvalue weighted by Crippen LogP contribution is 2.20. The molecule has 0 aromatic heterocycles. The highest BCUT2D eigenvalue weighted by atomic mass is 79.9. The first-order valence-electron chi connectivity index (χ1n) is 22.0. The van der Waals surface area contributed by atoms with Crippen LogP contribution in [-0.2, 0) is 38.1 Å². The number of rotatable bonds is 39. The van der Waals surface area contributed by atoms with Gasteiger partial charge >= 0.3 is 23.9 Å². The van der Waals surface area contributed by atoms with E-state index in [1.165, 1.54) is 77.0 Å². The fourth-order valence-corrected chi connectivity index (χ4v) is 6.75. The Labute approximate surface area is 333 Å². The lowest BCUT2D eigenvalue weighted by Crippen LogP contribution is -2.22. The minimum absolute atomic E-state index is 0.101. The average Bonchev–Trinajstić information content (AvgIpc) is 3.16. The number of alkyl halides is 1. The zero-order valence-electron chi connectivity index (χ0n) is 34.7. The number of ether oxygens (including phenoxy) is 4. The van der Waals surface area contributed by atoms with E-state index in [4.69, 9.17) is 18.9 Å². The van der Waals surface area contributed by atoms with Gasteiger partial charge in [0.25, 0.3) is 0 Å². The summed E-state index contributed by atoms with van der Waals surface area (Å²) in [6.45, 7) is 10.4. The predicted octanol–water partition coefficient (Wildman–Crippen LogP) is 12.4. The van der Waals surface area contributed by atoms with Crippen molar-refractivity contribution < 1.29 is 38.1 Å². The van der Waals surface area contributed by atoms with Gasteiger partial charge in [0.15, 0.2) is 0 Å². The Kier molecular flexibility index (Phi) is 37.4. The molecule has 0 fully saturated rings. The summed E-state index contributed by atoms with van der Waals surface area (Å²) in [5, 5.41) is 0.566. The molecule has 0 radical (unpaired) electrons. The molecule has 0 aromatic rings. The summed E-state index contributed by atoms with van der Waals surface area (Å²) < 4.78 is 22.1. The highest BCUT2D eigenvalue weighted by molar-refractivity contribution is 9.09. The van der Waals surface area contributed by atoms with Crippen LogP contribution in [0, 0.1) is 17.8 Å². The van der Waals surface area contributed by atoms with Crippen molar-refractivity contribution in [2.24, 2.45) is 17.8 Å². The lowest BCUT2D eigenvalue weighted by atomic mass is 9.96. The number of carbonyl (C=O) groups is 4. The van der Waals surface area contributed by atoms with Crippen LogP contribution in [0.3, 0.4) is 0 Å². The molecule has 2 unspecified atom stereocenters. The molecule has 0 aliphatic heterocycles. The quantitative estimate of drug-likeness (QED) is 0.0261. The maximum atomic E-state index is 12.3. The lowest BCUT2D eigenvalue weighted by Gasteiger charge is -2.17. The first-order valence-corrected chi connectivity index (χ1v) is 23.1. The summed E-state index contributed by atoms with van der Waals surface area (Å²) in [6, 6.07) is 0. The van der Waals surface area contributed by atoms with Gasteiger partial charge in [-0.05, 0) is 63.2 Å². The molecule has 0 aliphatic carbocycles. The maximum Gasteiger partial charge on any atom is 0.305 e. The molecule has 0 amide bonds. The molecule has 0 heterocycles. The lowest BCUT2D eigenvalue weighted by molar-refractivity contribution is -0.149. The van der Waals surface area contributed by atoms with Crippen LogP contribution in [0.25, 0.3) is 0 Å². The summed E-state index contributed by atoms with van der Waals surface area (Å²) in [5.41, 5.74) is 0. The second kappa shape index (κ2) is 38.6. The molecule has 0 aliphatic rings. The molecule has 0 rings (SSSR count). The molecule has 0 aromatic carbocycles. The summed E-state index contributed by atoms with van der Waals surface area (Å²) in [6.07, 6.45) is 27.3. The number of esters is 4. The van der Waals surface area contributed by atoms with E-state index in [2.05, 4.69) is 43.6 Å². The van der Waals surface area contributed by atoms with Gasteiger partial charge in [0.1, 0.15) is 0 Å². The number of halogens is 1. The molecule has 0 saturated heterocycles. The first-order chi connectivity index (χ1) is 25.8. The van der Waals surface area contributed by atoms with E-state index in [0.717, 1.165) is 77.0 Å². The third kappa shape index (κ3) is 34.6. The van der Waals surface area contributed by atoms with Gasteiger partial charge in [0.05, 0.1) is 26.4 Å². The minimum Gasteiger partial charge on any atom is -0.465 e. The van der Waals surface area contributed by atoms with Gasteiger partial charge in [0, 0.05) is 36.9 Å². The van der Waals surface area contributed by atoms with Crippen LogP contribution >= 0.6 is 15.9 Å². The van der Waals surface area contributed by atoms with E-state index < -0.39 is 0 Å². The van der Waals surface area contributed by atoms with Crippen LogP contribution in [-0.4, -0.2) is 55.6 Å². The van der Waals surface area contributed by atoms with Crippen LogP contribution in [0.15, 0.2) is 0 Å². The van der Waals surface area contributed by atoms with Crippen LogP contribution in [0.5, 0.6) is 0 Å². The van der Waals surface area contributed by atoms with E-state index in [0.29, 0.717) is 56.1 Å². The van der Waals surface area contributed by atoms with Gasteiger partial charge in [-0.3, -0.25) is 19.2 Å². The zero-order chi connectivity index (χ0) is 39.2. The monoisotopic (exact) mass is 817 g/mol. The molecule has 2 atom stereocenters. The second-order valence-corrected chi connectivity index (χ2v) is 15.9. The number of hydrogen-bond donors (Lipinski definition) is 0. The van der Waals surface area contributed by atoms with Crippen molar-refractivity contribution >= 4 is 39.8 Å². The number of hydrogen-bond acceptors (Lipinski definition) is 8. The average molecular weight is 818 g/mol. The van der Waals surface area contributed by atoms with Crippen molar-refractivity contribution in [1.82, 2.24) is 0 Å². The van der Waals surface area contributed by atoms with Crippen molar-refractivity contribution in [3.8, 4) is 0 Å². The summed E-state index contributed by atoms with van der Waals surface area (Å²) in [7, 11) is 0. The zero-order valence-corrected chi connectivity index (χ0v) is 36.3. The fraction of sp³-hybridized carbons (Fsp3) is 0.909. The topological polar surface area (TPSA) is 105 Å². The molecule has 0 spiro atoms. The van der Waals surface area contributed by atoms with E-state index in [9.17, 15) is 19.2 Å². The van der Waals surface area contributed by atoms with Crippen molar-refractivity contribution in [1.29, 1.82) is 0 Å².